The number of hydrogen-bond donors (Lipinski definition) is 0. The molecule has 3 aromatic carbocycles. The van der Waals surface area contributed by atoms with E-state index in [4.69, 9.17) is 0 Å². The van der Waals surface area contributed by atoms with Gasteiger partial charge in [0.05, 0.1) is 0 Å². The van der Waals surface area contributed by atoms with Gasteiger partial charge >= 0.3 is 0 Å². The van der Waals surface area contributed by atoms with Crippen molar-refractivity contribution in [3.8, 4) is 0 Å². The summed E-state index contributed by atoms with van der Waals surface area (Å²) >= 11 is 0. The van der Waals surface area contributed by atoms with Crippen molar-refractivity contribution in [1.82, 2.24) is 0 Å². The third-order valence-corrected chi connectivity index (χ3v) is 3.32. The molecule has 0 saturated carbocycles. The molecular weight excluding hydrogens is 180 g/mol. The quantitative estimate of drug-likeness (QED) is 0.369. The monoisotopic (exact) mass is 190 g/mol. The van der Waals surface area contributed by atoms with Crippen LogP contribution in [0.15, 0.2) is 48.5 Å². The van der Waals surface area contributed by atoms with Gasteiger partial charge in [-0.1, -0.05) is 42.5 Å². The molecule has 0 saturated heterocycles. The first-order chi connectivity index (χ1) is 7.42. The Hall–Kier alpha value is -1.82. The summed E-state index contributed by atoms with van der Waals surface area (Å²) in [6, 6.07) is 17.7. The molecule has 0 atom stereocenters. The van der Waals surface area contributed by atoms with E-state index in [0.717, 1.165) is 0 Å². The lowest BCUT2D eigenvalue weighted by Gasteiger charge is -2.02. The molecule has 70 valence electrons. The molecule has 0 bridgehead atoms. The number of rotatable bonds is 0. The first-order valence-corrected chi connectivity index (χ1v) is 5.35. The van der Waals surface area contributed by atoms with Crippen molar-refractivity contribution in [2.24, 2.45) is 0 Å². The maximum Gasteiger partial charge on any atom is -0.00196 e. The van der Waals surface area contributed by atoms with Gasteiger partial charge in [-0.25, -0.2) is 0 Å². The van der Waals surface area contributed by atoms with Crippen molar-refractivity contribution in [2.75, 3.05) is 0 Å². The number of hydrogen-bond acceptors (Lipinski definition) is 0. The highest BCUT2D eigenvalue weighted by atomic mass is 14.2. The van der Waals surface area contributed by atoms with Gasteiger partial charge in [0.15, 0.2) is 0 Å². The summed E-state index contributed by atoms with van der Waals surface area (Å²) in [6.45, 7) is 0. The van der Waals surface area contributed by atoms with Gasteiger partial charge in [-0.15, -0.1) is 0 Å². The molecule has 0 heteroatoms. The molecule has 0 aliphatic heterocycles. The minimum atomic E-state index is 1.20. The first-order valence-electron chi connectivity index (χ1n) is 5.35. The molecule has 15 heavy (non-hydrogen) atoms. The van der Waals surface area contributed by atoms with Gasteiger partial charge in [0.1, 0.15) is 0 Å². The maximum absolute atomic E-state index is 2.35. The van der Waals surface area contributed by atoms with E-state index in [9.17, 15) is 0 Å². The zero-order valence-corrected chi connectivity index (χ0v) is 8.33. The average molecular weight is 190 g/mol. The summed E-state index contributed by atoms with van der Waals surface area (Å²) in [5, 5.41) is 5.50. The van der Waals surface area contributed by atoms with Crippen LogP contribution in [0.2, 0.25) is 0 Å². The van der Waals surface area contributed by atoms with Gasteiger partial charge in [-0.05, 0) is 45.2 Å². The minimum absolute atomic E-state index is 1.20. The van der Waals surface area contributed by atoms with E-state index in [-0.39, 0.29) is 0 Å². The third-order valence-electron chi connectivity index (χ3n) is 3.32. The predicted octanol–water partition coefficient (Wildman–Crippen LogP) is 3.90. The SMILES string of the molecule is c1ccc2c(c1)ccc1cc3c(cc12)C3. The molecule has 3 aromatic rings. The van der Waals surface area contributed by atoms with Crippen LogP contribution >= 0.6 is 0 Å². The van der Waals surface area contributed by atoms with E-state index >= 15 is 0 Å². The first kappa shape index (κ1) is 7.47. The van der Waals surface area contributed by atoms with Gasteiger partial charge in [-0.3, -0.25) is 0 Å². The fourth-order valence-corrected chi connectivity index (χ4v) is 2.41. The maximum atomic E-state index is 2.35. The van der Waals surface area contributed by atoms with E-state index in [2.05, 4.69) is 48.5 Å². The molecule has 1 aliphatic rings. The Kier molecular flexibility index (Phi) is 1.20. The molecule has 0 amide bonds. The molecule has 0 N–H and O–H groups in total. The van der Waals surface area contributed by atoms with E-state index in [0.29, 0.717) is 0 Å². The molecule has 0 fully saturated rings. The summed E-state index contributed by atoms with van der Waals surface area (Å²) in [7, 11) is 0. The molecule has 0 aromatic heterocycles. The van der Waals surface area contributed by atoms with Crippen LogP contribution < -0.4 is 0 Å². The van der Waals surface area contributed by atoms with Gasteiger partial charge in [0.25, 0.3) is 0 Å². The molecule has 4 rings (SSSR count). The fourth-order valence-electron chi connectivity index (χ4n) is 2.41. The lowest BCUT2D eigenvalue weighted by atomic mass is 10.0. The molecule has 1 aliphatic carbocycles. The number of fused-ring (bicyclic) bond motifs is 4. The smallest absolute Gasteiger partial charge is 0.00196 e. The van der Waals surface area contributed by atoms with E-state index in [1.165, 1.54) is 39.1 Å². The Morgan fingerprint density at radius 2 is 1.47 bits per heavy atom. The Labute approximate surface area is 88.2 Å². The Bertz CT molecular complexity index is 693. The van der Waals surface area contributed by atoms with Crippen molar-refractivity contribution < 1.29 is 0 Å². The Morgan fingerprint density at radius 1 is 0.667 bits per heavy atom. The standard InChI is InChI=1S/C15H10/c1-2-4-14-10(3-1)5-6-11-7-12-8-13(12)9-15(11)14/h1-7,9H,8H2. The van der Waals surface area contributed by atoms with Gasteiger partial charge in [0, 0.05) is 0 Å². The zero-order valence-electron chi connectivity index (χ0n) is 8.33. The summed E-state index contributed by atoms with van der Waals surface area (Å²) in [5.74, 6) is 0. The summed E-state index contributed by atoms with van der Waals surface area (Å²) < 4.78 is 0. The van der Waals surface area contributed by atoms with Crippen molar-refractivity contribution in [1.29, 1.82) is 0 Å². The summed E-state index contributed by atoms with van der Waals surface area (Å²) in [4.78, 5) is 0. The molecule has 0 unspecified atom stereocenters. The minimum Gasteiger partial charge on any atom is -0.0616 e. The largest absolute Gasteiger partial charge is 0.0616 e. The lowest BCUT2D eigenvalue weighted by molar-refractivity contribution is 1.61. The third kappa shape index (κ3) is 0.964. The molecule has 0 radical (unpaired) electrons. The van der Waals surface area contributed by atoms with Crippen molar-refractivity contribution in [3.05, 3.63) is 59.7 Å². The van der Waals surface area contributed by atoms with Crippen molar-refractivity contribution >= 4 is 21.5 Å². The van der Waals surface area contributed by atoms with Crippen LogP contribution in [0.1, 0.15) is 11.1 Å². The van der Waals surface area contributed by atoms with E-state index < -0.39 is 0 Å². The lowest BCUT2D eigenvalue weighted by Crippen LogP contribution is -1.75. The molecule has 0 spiro atoms. The molecule has 0 nitrogen and oxygen atoms in total. The highest BCUT2D eigenvalue weighted by molar-refractivity contribution is 6.08. The van der Waals surface area contributed by atoms with Crippen LogP contribution in [0.3, 0.4) is 0 Å². The average Bonchev–Trinajstić information content (AvgIpc) is 3.04. The topological polar surface area (TPSA) is 0 Å². The molecular formula is C15H10. The second kappa shape index (κ2) is 2.40. The van der Waals surface area contributed by atoms with Crippen molar-refractivity contribution in [3.63, 3.8) is 0 Å². The summed E-state index contributed by atoms with van der Waals surface area (Å²) in [5.41, 5.74) is 3.05. The van der Waals surface area contributed by atoms with Crippen molar-refractivity contribution in [2.45, 2.75) is 6.42 Å². The second-order valence-corrected chi connectivity index (χ2v) is 4.31. The second-order valence-electron chi connectivity index (χ2n) is 4.31. The highest BCUT2D eigenvalue weighted by Gasteiger charge is 2.17. The Morgan fingerprint density at radius 3 is 2.47 bits per heavy atom. The fraction of sp³-hybridized carbons (Fsp3) is 0.0667. The Balaban J connectivity index is 2.30. The molecule has 0 heterocycles. The van der Waals surface area contributed by atoms with E-state index in [1.807, 2.05) is 0 Å². The van der Waals surface area contributed by atoms with Crippen LogP contribution in [0, 0.1) is 0 Å². The van der Waals surface area contributed by atoms with Gasteiger partial charge < -0.3 is 0 Å². The normalized spacial score (nSPS) is 13.1. The van der Waals surface area contributed by atoms with Crippen LogP contribution in [-0.4, -0.2) is 0 Å². The zero-order chi connectivity index (χ0) is 9.83. The highest BCUT2D eigenvalue weighted by Crippen LogP contribution is 2.35. The van der Waals surface area contributed by atoms with Crippen LogP contribution in [0.5, 0.6) is 0 Å². The van der Waals surface area contributed by atoms with E-state index in [1.54, 1.807) is 0 Å². The van der Waals surface area contributed by atoms with Crippen LogP contribution in [0.25, 0.3) is 21.5 Å². The van der Waals surface area contributed by atoms with Gasteiger partial charge in [-0.2, -0.15) is 0 Å². The predicted molar refractivity (Wildman–Crippen MR) is 64.3 cm³/mol. The summed E-state index contributed by atoms with van der Waals surface area (Å²) in [6.07, 6.45) is 1.20. The van der Waals surface area contributed by atoms with Gasteiger partial charge in [0.2, 0.25) is 0 Å². The number of benzene rings is 3. The van der Waals surface area contributed by atoms with Crippen LogP contribution in [0.4, 0.5) is 0 Å². The van der Waals surface area contributed by atoms with Crippen LogP contribution in [-0.2, 0) is 6.42 Å².